The van der Waals surface area contributed by atoms with Gasteiger partial charge >= 0.3 is 11.9 Å². The van der Waals surface area contributed by atoms with Crippen LogP contribution in [0.2, 0.25) is 0 Å². The number of hydrogen-bond donors (Lipinski definition) is 3. The van der Waals surface area contributed by atoms with Crippen molar-refractivity contribution in [1.82, 2.24) is 10.2 Å². The Morgan fingerprint density at radius 2 is 1.40 bits per heavy atom. The minimum Gasteiger partial charge on any atom is -0.481 e. The Hall–Kier alpha value is -4.12. The normalized spacial score (nSPS) is 27.6. The summed E-state index contributed by atoms with van der Waals surface area (Å²) >= 11 is 0. The number of piperidine rings is 2. The number of nitrogens with one attached hydrogen (secondary N) is 1. The Labute approximate surface area is 275 Å². The highest BCUT2D eigenvalue weighted by atomic mass is 16.6. The van der Waals surface area contributed by atoms with Crippen molar-refractivity contribution in [3.63, 3.8) is 0 Å². The Bertz CT molecular complexity index is 1520. The van der Waals surface area contributed by atoms with E-state index in [1.54, 1.807) is 19.9 Å². The van der Waals surface area contributed by atoms with Crippen molar-refractivity contribution in [2.24, 2.45) is 10.8 Å². The van der Waals surface area contributed by atoms with E-state index < -0.39 is 45.7 Å². The number of ether oxygens (including phenoxy) is 1. The Kier molecular flexibility index (Phi) is 10.1. The first-order valence-corrected chi connectivity index (χ1v) is 16.3. The van der Waals surface area contributed by atoms with E-state index in [0.717, 1.165) is 25.9 Å². The number of aliphatic carboxylic acids is 2. The summed E-state index contributed by atoms with van der Waals surface area (Å²) in [6, 6.07) is 25.6. The van der Waals surface area contributed by atoms with E-state index in [2.05, 4.69) is 58.7 Å². The van der Waals surface area contributed by atoms with Crippen LogP contribution in [0.15, 0.2) is 84.9 Å². The SMILES string of the molecule is COCCC1(C(=O)O)C(C)NC(C)C(CCN2CCC(c3ccccc3)(c3ccccc3)CC2)(C(=O)O)[C@@H]1c1cccc([N+](=O)[O-])c1. The van der Waals surface area contributed by atoms with Gasteiger partial charge in [0.2, 0.25) is 0 Å². The maximum Gasteiger partial charge on any atom is 0.311 e. The number of carboxylic acid groups (broad SMARTS) is 2. The summed E-state index contributed by atoms with van der Waals surface area (Å²) in [5, 5.41) is 37.3. The van der Waals surface area contributed by atoms with E-state index in [1.807, 2.05) is 12.1 Å². The van der Waals surface area contributed by atoms with Crippen LogP contribution in [0, 0.1) is 20.9 Å². The predicted molar refractivity (Wildman–Crippen MR) is 178 cm³/mol. The van der Waals surface area contributed by atoms with Crippen LogP contribution in [0.1, 0.15) is 62.1 Å². The Morgan fingerprint density at radius 3 is 1.89 bits per heavy atom. The van der Waals surface area contributed by atoms with Gasteiger partial charge in [0.05, 0.1) is 15.8 Å². The second-order valence-electron chi connectivity index (χ2n) is 13.2. The van der Waals surface area contributed by atoms with Crippen LogP contribution in [0.3, 0.4) is 0 Å². The molecule has 3 aromatic rings. The molecule has 2 fully saturated rings. The van der Waals surface area contributed by atoms with Gasteiger partial charge in [0.1, 0.15) is 0 Å². The summed E-state index contributed by atoms with van der Waals surface area (Å²) in [5.41, 5.74) is -0.756. The summed E-state index contributed by atoms with van der Waals surface area (Å²) in [5.74, 6) is -3.36. The van der Waals surface area contributed by atoms with Crippen LogP contribution in [0.5, 0.6) is 0 Å². The van der Waals surface area contributed by atoms with Crippen molar-refractivity contribution >= 4 is 17.6 Å². The molecule has 5 atom stereocenters. The molecular weight excluding hydrogens is 598 g/mol. The maximum absolute atomic E-state index is 13.7. The highest BCUT2D eigenvalue weighted by Gasteiger charge is 2.66. The molecule has 0 aromatic heterocycles. The number of nitro groups is 1. The number of nitrogens with zero attached hydrogens (tertiary/aromatic N) is 2. The lowest BCUT2D eigenvalue weighted by molar-refractivity contribution is -0.385. The zero-order chi connectivity index (χ0) is 33.8. The van der Waals surface area contributed by atoms with Crippen molar-refractivity contribution in [2.45, 2.75) is 62.9 Å². The second kappa shape index (κ2) is 13.9. The fourth-order valence-corrected chi connectivity index (χ4v) is 8.63. The fraction of sp³-hybridized carbons (Fsp3) is 0.459. The molecule has 0 radical (unpaired) electrons. The number of carboxylic acids is 2. The van der Waals surface area contributed by atoms with Crippen molar-refractivity contribution < 1.29 is 29.5 Å². The number of nitro benzene ring substituents is 1. The molecule has 4 unspecified atom stereocenters. The number of benzene rings is 3. The number of rotatable bonds is 12. The van der Waals surface area contributed by atoms with Crippen LogP contribution in [0.25, 0.3) is 0 Å². The van der Waals surface area contributed by atoms with Crippen molar-refractivity contribution in [3.05, 3.63) is 112 Å². The molecule has 250 valence electrons. The Balaban J connectivity index is 1.53. The van der Waals surface area contributed by atoms with Crippen LogP contribution in [-0.4, -0.2) is 77.4 Å². The summed E-state index contributed by atoms with van der Waals surface area (Å²) in [7, 11) is 1.48. The van der Waals surface area contributed by atoms with Crippen LogP contribution in [0.4, 0.5) is 5.69 Å². The maximum atomic E-state index is 13.7. The average molecular weight is 644 g/mol. The van der Waals surface area contributed by atoms with Gasteiger partial charge in [-0.05, 0) is 75.9 Å². The van der Waals surface area contributed by atoms with E-state index >= 15 is 0 Å². The third kappa shape index (κ3) is 6.06. The lowest BCUT2D eigenvalue weighted by Gasteiger charge is -2.57. The summed E-state index contributed by atoms with van der Waals surface area (Å²) in [6.45, 7) is 5.52. The largest absolute Gasteiger partial charge is 0.481 e. The van der Waals surface area contributed by atoms with Gasteiger partial charge in [0, 0.05) is 49.3 Å². The molecule has 5 rings (SSSR count). The first kappa shape index (κ1) is 34.2. The highest BCUT2D eigenvalue weighted by molar-refractivity contribution is 5.84. The van der Waals surface area contributed by atoms with Gasteiger partial charge in [-0.3, -0.25) is 19.7 Å². The number of non-ortho nitro benzene ring substituents is 1. The predicted octanol–water partition coefficient (Wildman–Crippen LogP) is 5.71. The highest BCUT2D eigenvalue weighted by Crippen LogP contribution is 2.59. The van der Waals surface area contributed by atoms with E-state index in [9.17, 15) is 29.9 Å². The van der Waals surface area contributed by atoms with E-state index in [-0.39, 0.29) is 30.6 Å². The molecule has 10 nitrogen and oxygen atoms in total. The molecule has 2 heterocycles. The van der Waals surface area contributed by atoms with Crippen molar-refractivity contribution in [1.29, 1.82) is 0 Å². The molecule has 47 heavy (non-hydrogen) atoms. The monoisotopic (exact) mass is 643 g/mol. The molecule has 0 amide bonds. The van der Waals surface area contributed by atoms with Gasteiger partial charge in [-0.2, -0.15) is 0 Å². The topological polar surface area (TPSA) is 142 Å². The fourth-order valence-electron chi connectivity index (χ4n) is 8.63. The third-order valence-electron chi connectivity index (χ3n) is 11.2. The van der Waals surface area contributed by atoms with E-state index in [4.69, 9.17) is 4.74 Å². The molecule has 2 aliphatic rings. The molecule has 0 bridgehead atoms. The zero-order valence-electron chi connectivity index (χ0n) is 27.3. The number of carbonyl (C=O) groups is 2. The van der Waals surface area contributed by atoms with Crippen LogP contribution in [-0.2, 0) is 19.7 Å². The molecule has 2 saturated heterocycles. The third-order valence-corrected chi connectivity index (χ3v) is 11.2. The van der Waals surface area contributed by atoms with Crippen LogP contribution < -0.4 is 5.32 Å². The molecule has 2 aliphatic heterocycles. The smallest absolute Gasteiger partial charge is 0.311 e. The van der Waals surface area contributed by atoms with Gasteiger partial charge in [-0.25, -0.2) is 0 Å². The van der Waals surface area contributed by atoms with Gasteiger partial charge in [0.25, 0.3) is 5.69 Å². The molecule has 0 spiro atoms. The quantitative estimate of drug-likeness (QED) is 0.167. The van der Waals surface area contributed by atoms with Gasteiger partial charge in [-0.1, -0.05) is 72.8 Å². The Morgan fingerprint density at radius 1 is 0.872 bits per heavy atom. The van der Waals surface area contributed by atoms with Crippen LogP contribution >= 0.6 is 0 Å². The van der Waals surface area contributed by atoms with Gasteiger partial charge < -0.3 is 25.2 Å². The first-order chi connectivity index (χ1) is 22.5. The van der Waals surface area contributed by atoms with Gasteiger partial charge in [-0.15, -0.1) is 0 Å². The molecule has 3 aromatic carbocycles. The minimum atomic E-state index is -1.62. The number of hydrogen-bond acceptors (Lipinski definition) is 7. The second-order valence-corrected chi connectivity index (χ2v) is 13.2. The minimum absolute atomic E-state index is 0.0303. The average Bonchev–Trinajstić information content (AvgIpc) is 3.08. The lowest BCUT2D eigenvalue weighted by Crippen LogP contribution is -2.70. The first-order valence-electron chi connectivity index (χ1n) is 16.3. The lowest BCUT2D eigenvalue weighted by atomic mass is 9.49. The molecule has 0 aliphatic carbocycles. The van der Waals surface area contributed by atoms with Crippen molar-refractivity contribution in [2.75, 3.05) is 33.4 Å². The molecule has 0 saturated carbocycles. The molecule has 3 N–H and O–H groups in total. The summed E-state index contributed by atoms with van der Waals surface area (Å²) < 4.78 is 5.36. The summed E-state index contributed by atoms with van der Waals surface area (Å²) in [4.78, 5) is 40.7. The van der Waals surface area contributed by atoms with E-state index in [1.165, 1.54) is 36.4 Å². The van der Waals surface area contributed by atoms with Crippen molar-refractivity contribution in [3.8, 4) is 0 Å². The number of methoxy groups -OCH3 is 1. The molecular formula is C37H45N3O7. The molecule has 10 heteroatoms. The standard InChI is InChI=1S/C37H45N3O7/c1-26-36(33(41)42,19-23-39-21-17-35(18-22-39,29-12-6-4-7-13-29)30-14-8-5-9-15-30)32(28-11-10-16-31(25-28)40(45)46)37(34(43)44,20-24-47-3)27(2)38-26/h4-16,25-27,32,38H,17-24H2,1-3H3,(H,41,42)(H,43,44)/t26?,27?,32-,36?,37?/m0/s1. The van der Waals surface area contributed by atoms with E-state index in [0.29, 0.717) is 12.1 Å². The van der Waals surface area contributed by atoms with Gasteiger partial charge in [0.15, 0.2) is 0 Å². The number of likely N-dealkylation sites (tertiary alicyclic amines) is 1. The zero-order valence-corrected chi connectivity index (χ0v) is 27.3. The summed E-state index contributed by atoms with van der Waals surface area (Å²) in [6.07, 6.45) is 1.87.